The van der Waals surface area contributed by atoms with Crippen LogP contribution < -0.4 is 0 Å². The summed E-state index contributed by atoms with van der Waals surface area (Å²) in [6.45, 7) is 14.9. The Labute approximate surface area is 317 Å². The molecule has 0 bridgehead atoms. The summed E-state index contributed by atoms with van der Waals surface area (Å²) in [4.78, 5) is 51.9. The third-order valence-corrected chi connectivity index (χ3v) is 14.4. The molecule has 4 aliphatic rings. The first-order chi connectivity index (χ1) is 25.2. The minimum atomic E-state index is -0.594. The Hall–Kier alpha value is -3.48. The van der Waals surface area contributed by atoms with E-state index < -0.39 is 12.2 Å². The van der Waals surface area contributed by atoms with Crippen LogP contribution in [0.4, 0.5) is 0 Å². The van der Waals surface area contributed by atoms with E-state index >= 15 is 0 Å². The number of ether oxygens (including phenoxy) is 3. The van der Waals surface area contributed by atoms with Crippen molar-refractivity contribution < 1.29 is 33.4 Å². The monoisotopic (exact) mass is 726 g/mol. The maximum atomic E-state index is 13.4. The van der Waals surface area contributed by atoms with Gasteiger partial charge in [0.2, 0.25) is 0 Å². The van der Waals surface area contributed by atoms with Crippen molar-refractivity contribution in [1.29, 1.82) is 0 Å². The van der Waals surface area contributed by atoms with Gasteiger partial charge in [-0.25, -0.2) is 0 Å². The van der Waals surface area contributed by atoms with Gasteiger partial charge in [0.1, 0.15) is 18.3 Å². The maximum Gasteiger partial charge on any atom is 0.310 e. The van der Waals surface area contributed by atoms with E-state index in [-0.39, 0.29) is 58.9 Å². The van der Waals surface area contributed by atoms with Gasteiger partial charge >= 0.3 is 17.9 Å². The molecule has 11 atom stereocenters. The first kappa shape index (κ1) is 39.2. The van der Waals surface area contributed by atoms with E-state index in [2.05, 4.69) is 34.6 Å². The Morgan fingerprint density at radius 2 is 1.32 bits per heavy atom. The van der Waals surface area contributed by atoms with Gasteiger partial charge in [0.05, 0.1) is 6.42 Å². The van der Waals surface area contributed by atoms with Crippen molar-refractivity contribution in [2.75, 3.05) is 0 Å². The minimum absolute atomic E-state index is 0.0592. The second kappa shape index (κ2) is 16.1. The Balaban J connectivity index is 1.18. The van der Waals surface area contributed by atoms with Crippen molar-refractivity contribution in [2.45, 2.75) is 137 Å². The molecule has 0 amide bonds. The highest BCUT2D eigenvalue weighted by atomic mass is 16.6. The lowest BCUT2D eigenvalue weighted by Gasteiger charge is -2.64. The third-order valence-electron chi connectivity index (χ3n) is 14.4. The Kier molecular flexibility index (Phi) is 11.9. The Morgan fingerprint density at radius 1 is 0.698 bits per heavy atom. The van der Waals surface area contributed by atoms with Gasteiger partial charge in [-0.05, 0) is 90.9 Å². The second-order valence-electron chi connectivity index (χ2n) is 18.0. The summed E-state index contributed by atoms with van der Waals surface area (Å²) in [5.41, 5.74) is 1.98. The molecule has 0 saturated heterocycles. The summed E-state index contributed by atoms with van der Waals surface area (Å²) in [5, 5.41) is 0. The molecule has 0 N–H and O–H groups in total. The molecule has 0 spiro atoms. The number of carbonyl (C=O) groups excluding carboxylic acids is 4. The average molecular weight is 727 g/mol. The van der Waals surface area contributed by atoms with Gasteiger partial charge in [-0.1, -0.05) is 108 Å². The van der Waals surface area contributed by atoms with Crippen LogP contribution in [0.2, 0.25) is 0 Å². The van der Waals surface area contributed by atoms with E-state index in [9.17, 15) is 19.2 Å². The summed E-state index contributed by atoms with van der Waals surface area (Å²) in [6, 6.07) is 16.3. The number of benzene rings is 2. The predicted octanol–water partition coefficient (Wildman–Crippen LogP) is 9.58. The van der Waals surface area contributed by atoms with E-state index in [4.69, 9.17) is 14.2 Å². The fourth-order valence-corrected chi connectivity index (χ4v) is 11.9. The molecule has 2 aromatic carbocycles. The summed E-state index contributed by atoms with van der Waals surface area (Å²) >= 11 is 0. The first-order valence-corrected chi connectivity index (χ1v) is 20.4. The van der Waals surface area contributed by atoms with Gasteiger partial charge < -0.3 is 14.2 Å². The smallest absolute Gasteiger partial charge is 0.310 e. The summed E-state index contributed by atoms with van der Waals surface area (Å²) < 4.78 is 18.7. The molecule has 53 heavy (non-hydrogen) atoms. The van der Waals surface area contributed by atoms with Gasteiger partial charge in [-0.2, -0.15) is 0 Å². The van der Waals surface area contributed by atoms with Crippen molar-refractivity contribution in [3.05, 3.63) is 71.3 Å². The highest BCUT2D eigenvalue weighted by molar-refractivity contribution is 6.08. The lowest BCUT2D eigenvalue weighted by Crippen LogP contribution is -2.65. The van der Waals surface area contributed by atoms with E-state index in [1.165, 1.54) is 46.0 Å². The maximum absolute atomic E-state index is 13.4. The second-order valence-corrected chi connectivity index (χ2v) is 18.0. The van der Waals surface area contributed by atoms with E-state index in [1.807, 2.05) is 30.3 Å². The van der Waals surface area contributed by atoms with Crippen LogP contribution in [-0.4, -0.2) is 42.0 Å². The molecule has 0 radical (unpaired) electrons. The van der Waals surface area contributed by atoms with Crippen molar-refractivity contribution in [3.8, 4) is 0 Å². The van der Waals surface area contributed by atoms with Crippen LogP contribution in [-0.2, 0) is 35.0 Å². The lowest BCUT2D eigenvalue weighted by molar-refractivity contribution is -0.242. The topological polar surface area (TPSA) is 96.0 Å². The number of esters is 3. The van der Waals surface area contributed by atoms with E-state index in [0.29, 0.717) is 41.2 Å². The van der Waals surface area contributed by atoms with Gasteiger partial charge in [-0.15, -0.1) is 0 Å². The Morgan fingerprint density at radius 3 is 1.98 bits per heavy atom. The number of carbonyl (C=O) groups is 4. The van der Waals surface area contributed by atoms with Crippen LogP contribution in [0.1, 0.15) is 134 Å². The molecule has 4 fully saturated rings. The third kappa shape index (κ3) is 8.15. The fraction of sp³-hybridized carbons (Fsp3) is 0.652. The summed E-state index contributed by atoms with van der Waals surface area (Å²) in [5.74, 6) is 1.63. The molecule has 0 aromatic heterocycles. The highest BCUT2D eigenvalue weighted by Crippen LogP contribution is 2.69. The number of fused-ring (bicyclic) bond motifs is 5. The Bertz CT molecular complexity index is 1620. The van der Waals surface area contributed by atoms with Crippen LogP contribution in [0.5, 0.6) is 0 Å². The molecule has 7 nitrogen and oxygen atoms in total. The normalized spacial score (nSPS) is 33.9. The van der Waals surface area contributed by atoms with Crippen LogP contribution in [0.15, 0.2) is 54.6 Å². The molecule has 6 rings (SSSR count). The lowest BCUT2D eigenvalue weighted by atomic mass is 9.43. The zero-order valence-electron chi connectivity index (χ0n) is 33.1. The first-order valence-electron chi connectivity index (χ1n) is 20.4. The molecule has 7 heteroatoms. The fourth-order valence-electron chi connectivity index (χ4n) is 11.9. The molecular weight excluding hydrogens is 664 g/mol. The number of hydrogen-bond donors (Lipinski definition) is 0. The predicted molar refractivity (Wildman–Crippen MR) is 205 cm³/mol. The zero-order valence-corrected chi connectivity index (χ0v) is 33.1. The quantitative estimate of drug-likeness (QED) is 0.122. The molecule has 0 aliphatic heterocycles. The van der Waals surface area contributed by atoms with Crippen molar-refractivity contribution in [1.82, 2.24) is 0 Å². The summed E-state index contributed by atoms with van der Waals surface area (Å²) in [7, 11) is 0. The largest absolute Gasteiger partial charge is 0.462 e. The molecule has 0 heterocycles. The van der Waals surface area contributed by atoms with Crippen molar-refractivity contribution in [2.24, 2.45) is 52.3 Å². The van der Waals surface area contributed by atoms with E-state index in [1.54, 1.807) is 24.3 Å². The molecule has 4 aliphatic carbocycles. The van der Waals surface area contributed by atoms with Gasteiger partial charge in [0.25, 0.3) is 0 Å². The zero-order chi connectivity index (χ0) is 38.1. The van der Waals surface area contributed by atoms with Gasteiger partial charge in [-0.3, -0.25) is 19.2 Å². The van der Waals surface area contributed by atoms with E-state index in [0.717, 1.165) is 37.2 Å². The minimum Gasteiger partial charge on any atom is -0.462 e. The average Bonchev–Trinajstić information content (AvgIpc) is 3.47. The van der Waals surface area contributed by atoms with Crippen LogP contribution in [0.3, 0.4) is 0 Å². The number of hydrogen-bond acceptors (Lipinski definition) is 7. The van der Waals surface area contributed by atoms with Crippen LogP contribution in [0.25, 0.3) is 0 Å². The van der Waals surface area contributed by atoms with Crippen molar-refractivity contribution in [3.63, 3.8) is 0 Å². The SMILES string of the molecule is CC(=O)O[C@H]1[C@H](OC(C)=O)[C@H]2C[C@H](OC(=O)Cc3ccc(C(=O)c4ccccc4)cc3)CC[C@]2(C)[C@H]2CC[C@]3(C)[C@@H]([C@H](C)CCCC(C)C)CC[C@H]3[C@H]12. The van der Waals surface area contributed by atoms with Crippen LogP contribution >= 0.6 is 0 Å². The van der Waals surface area contributed by atoms with Crippen LogP contribution in [0, 0.1) is 52.3 Å². The van der Waals surface area contributed by atoms with Gasteiger partial charge in [0.15, 0.2) is 5.78 Å². The number of ketones is 1. The molecular formula is C46H62O7. The standard InChI is InChI=1S/C46H62O7/c1-28(2)12-11-13-29(3)36-20-21-37-41-38(23-25-45(36,37)6)46(7)24-22-35(27-39(46)43(51-30(4)47)44(41)52-31(5)48)53-40(49)26-32-16-18-34(19-17-32)42(50)33-14-9-8-10-15-33/h8-10,14-19,28-29,35-39,41,43-44H,11-13,20-27H2,1-7H3/t29-,35-,36-,37+,38+,39-,41+,43-,44-,45-,46-/m1/s1. The van der Waals surface area contributed by atoms with Crippen molar-refractivity contribution >= 4 is 23.7 Å². The molecule has 4 saturated carbocycles. The molecule has 2 aromatic rings. The molecule has 0 unspecified atom stereocenters. The highest BCUT2D eigenvalue weighted by Gasteiger charge is 2.67. The summed E-state index contributed by atoms with van der Waals surface area (Å²) in [6.07, 6.45) is 9.14. The number of rotatable bonds is 12. The molecule has 288 valence electrons. The van der Waals surface area contributed by atoms with Gasteiger partial charge in [0, 0.05) is 36.8 Å².